The van der Waals surface area contributed by atoms with Crippen molar-refractivity contribution in [3.8, 4) is 17.2 Å². The van der Waals surface area contributed by atoms with Crippen LogP contribution in [-0.2, 0) is 69.1 Å². The molecule has 31 heteroatoms. The van der Waals surface area contributed by atoms with Crippen LogP contribution in [0.4, 0.5) is 4.79 Å². The number of carboxylic acid groups (broad SMARTS) is 1. The molecule has 0 unspecified atom stereocenters. The number of rotatable bonds is 19. The Morgan fingerprint density at radius 2 is 1.51 bits per heavy atom. The van der Waals surface area contributed by atoms with Gasteiger partial charge in [-0.2, -0.15) is 12.7 Å². The third kappa shape index (κ3) is 13.1. The number of thioether (sulfide) groups is 1. The topological polar surface area (TPSA) is 403 Å². The number of ketones is 2. The number of carbonyl (C=O) groups is 9. The molecular weight excluding hydrogens is 1150 g/mol. The van der Waals surface area contributed by atoms with E-state index < -0.39 is 176 Å². The molecule has 4 aliphatic heterocycles. The van der Waals surface area contributed by atoms with Crippen molar-refractivity contribution in [2.75, 3.05) is 53.6 Å². The van der Waals surface area contributed by atoms with Crippen LogP contribution in [0.15, 0.2) is 18.2 Å². The lowest BCUT2D eigenvalue weighted by Crippen LogP contribution is -2.56. The summed E-state index contributed by atoms with van der Waals surface area (Å²) in [6.45, 7) is 8.50. The molecule has 2 aliphatic carbocycles. The molecule has 4 heterocycles. The van der Waals surface area contributed by atoms with Crippen LogP contribution < -0.4 is 36.0 Å². The van der Waals surface area contributed by atoms with Crippen LogP contribution in [0, 0.1) is 5.92 Å². The maximum absolute atomic E-state index is 14.6. The molecule has 0 aromatic heterocycles. The first-order valence-electron chi connectivity index (χ1n) is 27.1. The highest BCUT2D eigenvalue weighted by Crippen LogP contribution is 2.54. The van der Waals surface area contributed by atoms with Crippen molar-refractivity contribution in [2.24, 2.45) is 5.92 Å². The van der Waals surface area contributed by atoms with E-state index in [1.54, 1.807) is 25.5 Å². The van der Waals surface area contributed by atoms with Gasteiger partial charge in [0.05, 0.1) is 55.1 Å². The summed E-state index contributed by atoms with van der Waals surface area (Å²) in [5, 5.41) is 57.1. The molecule has 4 saturated heterocycles. The highest BCUT2D eigenvalue weighted by Gasteiger charge is 2.56. The van der Waals surface area contributed by atoms with Crippen LogP contribution in [0.3, 0.4) is 0 Å². The number of carbonyl (C=O) groups excluding carboxylic acids is 8. The maximum Gasteiger partial charge on any atom is 0.329 e. The SMILES string of the molecule is COc1cccc2c1C(=O)c1c(O)c3c(c(O)c1C2=O)C[C@@](O)(C(=O)SC(C)(C)CNC(=O)[C@H](C)NC(=O)[C@H](C)NC(=O)[C@H](C)NC(=O)CNC(=O)NS(=O)(=O)N1CCC(C(=O)O)CC1)C[C@@H]3O[C@H]1C[C@H]2[C@H](O[C@@H]3[C@@H](OC)OCCN32)[C@H](C)O1. The molecule has 2 aromatic rings. The van der Waals surface area contributed by atoms with Gasteiger partial charge in [-0.3, -0.25) is 43.3 Å². The van der Waals surface area contributed by atoms with E-state index in [0.717, 1.165) is 4.31 Å². The number of aliphatic hydroxyl groups is 1. The van der Waals surface area contributed by atoms with Gasteiger partial charge in [0.1, 0.15) is 47.1 Å². The molecule has 4 fully saturated rings. The molecule has 8 rings (SSSR count). The standard InChI is InChI=1S/C53H70N8O21S2/c1-23(57-46(69)25(3)58-45(68)24(2)56-33(62)21-54-51(73)59-84(75,76)60-14-12-27(13-15-60)48(70)71)44(67)55-22-52(5,6)83-50(72)53(74)19-29-36(42(66)38-37(40(29)64)39(63)28-10-9-11-31(77-7)35(28)41(38)65)32(20-53)81-34-18-30-43(26(4)80-34)82-47-49(78-8)79-17-16-61(30)47/h9-11,23-27,30,32,34,43,47,49,64,66,74H,12-22H2,1-8H3,(H,55,67)(H,56,62)(H,57,69)(H,58,68)(H,70,71)(H2,54,59,73)/t23-,24-,25-,26-,30-,32-,34-,43+,47+,49-,53-/m0/s1. The van der Waals surface area contributed by atoms with Gasteiger partial charge < -0.3 is 75.4 Å². The van der Waals surface area contributed by atoms with E-state index in [-0.39, 0.29) is 72.9 Å². The molecule has 11 atom stereocenters. The van der Waals surface area contributed by atoms with Crippen LogP contribution >= 0.6 is 11.8 Å². The average molecular weight is 1220 g/mol. The lowest BCUT2D eigenvalue weighted by Gasteiger charge is -2.43. The number of phenolic OH excluding ortho intramolecular Hbond substituents is 2. The summed E-state index contributed by atoms with van der Waals surface area (Å²) < 4.78 is 62.7. The number of phenols is 2. The Bertz CT molecular complexity index is 3100. The van der Waals surface area contributed by atoms with E-state index in [1.165, 1.54) is 53.2 Å². The van der Waals surface area contributed by atoms with E-state index in [9.17, 15) is 66.9 Å². The van der Waals surface area contributed by atoms with Gasteiger partial charge in [-0.1, -0.05) is 23.9 Å². The number of amides is 6. The smallest absolute Gasteiger partial charge is 0.329 e. The van der Waals surface area contributed by atoms with Gasteiger partial charge in [-0.15, -0.1) is 0 Å². The number of aliphatic carboxylic acids is 1. The second kappa shape index (κ2) is 25.2. The number of carboxylic acids is 1. The minimum Gasteiger partial charge on any atom is -0.507 e. The predicted octanol–water partition coefficient (Wildman–Crippen LogP) is -0.841. The van der Waals surface area contributed by atoms with E-state index in [2.05, 4.69) is 31.5 Å². The first-order chi connectivity index (χ1) is 39.5. The number of fused-ring (bicyclic) bond motifs is 6. The van der Waals surface area contributed by atoms with Crippen LogP contribution in [0.25, 0.3) is 0 Å². The fourth-order valence-corrected chi connectivity index (χ4v) is 13.3. The Hall–Kier alpha value is -6.55. The normalized spacial score (nSPS) is 26.3. The molecule has 6 amide bonds. The summed E-state index contributed by atoms with van der Waals surface area (Å²) in [5.74, 6) is -8.09. The van der Waals surface area contributed by atoms with Crippen LogP contribution in [0.2, 0.25) is 0 Å². The number of piperidine rings is 1. The summed E-state index contributed by atoms with van der Waals surface area (Å²) in [6, 6.07) is -0.948. The second-order valence-corrected chi connectivity index (χ2v) is 25.5. The molecule has 84 heavy (non-hydrogen) atoms. The van der Waals surface area contributed by atoms with E-state index in [1.807, 2.05) is 0 Å². The molecule has 0 bridgehead atoms. The Labute approximate surface area is 487 Å². The van der Waals surface area contributed by atoms with Crippen molar-refractivity contribution in [1.29, 1.82) is 0 Å². The lowest BCUT2D eigenvalue weighted by atomic mass is 9.73. The summed E-state index contributed by atoms with van der Waals surface area (Å²) in [6.07, 6.45) is -5.69. The van der Waals surface area contributed by atoms with Gasteiger partial charge in [0.25, 0.3) is 0 Å². The third-order valence-corrected chi connectivity index (χ3v) is 18.4. The van der Waals surface area contributed by atoms with Crippen molar-refractivity contribution < 1.29 is 100 Å². The highest BCUT2D eigenvalue weighted by atomic mass is 32.2. The van der Waals surface area contributed by atoms with Gasteiger partial charge in [0.15, 0.2) is 24.6 Å². The number of urea groups is 1. The Morgan fingerprint density at radius 3 is 2.15 bits per heavy atom. The number of ether oxygens (including phenoxy) is 6. The number of morpholine rings is 1. The summed E-state index contributed by atoms with van der Waals surface area (Å²) in [4.78, 5) is 121. The third-order valence-electron chi connectivity index (χ3n) is 15.7. The van der Waals surface area contributed by atoms with E-state index in [0.29, 0.717) is 24.9 Å². The summed E-state index contributed by atoms with van der Waals surface area (Å²) >= 11 is 0.645. The number of nitrogens with one attached hydrogen (secondary N) is 6. The fourth-order valence-electron chi connectivity index (χ4n) is 11.2. The second-order valence-electron chi connectivity index (χ2n) is 22.1. The van der Waals surface area contributed by atoms with Gasteiger partial charge in [-0.25, -0.2) is 9.52 Å². The molecule has 29 nitrogen and oxygen atoms in total. The molecule has 2 aromatic carbocycles. The Balaban J connectivity index is 0.881. The summed E-state index contributed by atoms with van der Waals surface area (Å²) in [5.41, 5.74) is -4.06. The first kappa shape index (κ1) is 63.5. The Morgan fingerprint density at radius 1 is 0.869 bits per heavy atom. The minimum atomic E-state index is -4.35. The zero-order chi connectivity index (χ0) is 61.5. The van der Waals surface area contributed by atoms with Gasteiger partial charge in [0, 0.05) is 80.0 Å². The van der Waals surface area contributed by atoms with Crippen molar-refractivity contribution in [1.82, 2.24) is 40.5 Å². The number of methoxy groups -OCH3 is 2. The van der Waals surface area contributed by atoms with E-state index in [4.69, 9.17) is 33.5 Å². The van der Waals surface area contributed by atoms with Crippen LogP contribution in [0.1, 0.15) is 116 Å². The zero-order valence-electron chi connectivity index (χ0n) is 47.3. The van der Waals surface area contributed by atoms with Crippen molar-refractivity contribution in [2.45, 2.75) is 145 Å². The molecular formula is C53H70N8O21S2. The van der Waals surface area contributed by atoms with Crippen LogP contribution in [-0.4, -0.2) is 209 Å². The summed E-state index contributed by atoms with van der Waals surface area (Å²) in [7, 11) is -1.54. The average Bonchev–Trinajstić information content (AvgIpc) is 2.20. The van der Waals surface area contributed by atoms with Gasteiger partial charge >= 0.3 is 22.2 Å². The molecule has 460 valence electrons. The maximum atomic E-state index is 14.6. The van der Waals surface area contributed by atoms with E-state index >= 15 is 0 Å². The lowest BCUT2D eigenvalue weighted by molar-refractivity contribution is -0.256. The number of hydrogen-bond donors (Lipinski definition) is 10. The zero-order valence-corrected chi connectivity index (χ0v) is 48.9. The van der Waals surface area contributed by atoms with Gasteiger partial charge in [0.2, 0.25) is 34.5 Å². The first-order valence-corrected chi connectivity index (χ1v) is 29.4. The van der Waals surface area contributed by atoms with Crippen LogP contribution in [0.5, 0.6) is 17.2 Å². The largest absolute Gasteiger partial charge is 0.507 e. The van der Waals surface area contributed by atoms with Crippen molar-refractivity contribution >= 4 is 74.3 Å². The van der Waals surface area contributed by atoms with Crippen molar-refractivity contribution in [3.63, 3.8) is 0 Å². The monoisotopic (exact) mass is 1220 g/mol. The molecule has 0 saturated carbocycles. The van der Waals surface area contributed by atoms with Crippen molar-refractivity contribution in [3.05, 3.63) is 51.6 Å². The fraction of sp³-hybridized carbons (Fsp3) is 0.604. The molecule has 6 aliphatic rings. The minimum absolute atomic E-state index is 0.0476. The number of benzene rings is 2. The predicted molar refractivity (Wildman–Crippen MR) is 291 cm³/mol. The number of aromatic hydroxyl groups is 2. The molecule has 10 N–H and O–H groups in total. The number of hydrogen-bond acceptors (Lipinski definition) is 22. The number of nitrogens with zero attached hydrogens (tertiary/aromatic N) is 2. The highest BCUT2D eigenvalue weighted by molar-refractivity contribution is 8.15. The quantitative estimate of drug-likeness (QED) is 0.0654. The van der Waals surface area contributed by atoms with Gasteiger partial charge in [-0.05, 0) is 60.5 Å². The molecule has 0 radical (unpaired) electrons. The molecule has 0 spiro atoms. The Kier molecular flexibility index (Phi) is 19.0.